The second-order valence-electron chi connectivity index (χ2n) is 7.09. The second-order valence-corrected chi connectivity index (χ2v) is 10.2. The van der Waals surface area contributed by atoms with Crippen molar-refractivity contribution in [2.75, 3.05) is 11.6 Å². The number of amides is 2. The van der Waals surface area contributed by atoms with Gasteiger partial charge in [-0.1, -0.05) is 61.9 Å². The highest BCUT2D eigenvalue weighted by Gasteiger charge is 2.17. The van der Waals surface area contributed by atoms with Gasteiger partial charge in [0.05, 0.1) is 4.90 Å². The first-order chi connectivity index (χ1) is 13.8. The van der Waals surface area contributed by atoms with E-state index in [2.05, 4.69) is 9.68 Å². The number of benzene rings is 2. The smallest absolute Gasteiger partial charge is 0.305 e. The molecule has 2 aromatic rings. The monoisotopic (exact) mass is 472 g/mol. The van der Waals surface area contributed by atoms with Crippen LogP contribution in [0.25, 0.3) is 0 Å². The summed E-state index contributed by atoms with van der Waals surface area (Å²) in [4.78, 5) is 11.9. The van der Waals surface area contributed by atoms with E-state index in [1.807, 2.05) is 27.7 Å². The maximum absolute atomic E-state index is 11.6. The zero-order valence-corrected chi connectivity index (χ0v) is 19.8. The van der Waals surface area contributed by atoms with Crippen molar-refractivity contribution in [3.05, 3.63) is 58.6 Å². The van der Waals surface area contributed by atoms with Crippen LogP contribution >= 0.6 is 11.6 Å². The maximum Gasteiger partial charge on any atom is 0.360 e. The molecule has 1 N–H and O–H groups in total. The van der Waals surface area contributed by atoms with E-state index >= 15 is 0 Å². The lowest BCUT2D eigenvalue weighted by atomic mass is 9.92. The van der Waals surface area contributed by atoms with Crippen LogP contribution in [0, 0.1) is 0 Å². The van der Waals surface area contributed by atoms with Crippen LogP contribution in [0.1, 0.15) is 50.7 Å². The molecule has 0 radical (unpaired) electrons. The van der Waals surface area contributed by atoms with Crippen LogP contribution in [-0.2, 0) is 20.3 Å². The Kier molecular flexibility index (Phi) is 9.67. The number of hydrogen-bond donors (Lipinski definition) is 1. The zero-order valence-electron chi connectivity index (χ0n) is 17.4. The highest BCUT2D eigenvalue weighted by Crippen LogP contribution is 2.35. The van der Waals surface area contributed by atoms with Crippen LogP contribution in [0.4, 0.5) is 10.5 Å². The van der Waals surface area contributed by atoms with Crippen molar-refractivity contribution in [1.82, 2.24) is 0 Å². The Hall–Kier alpha value is -2.23. The van der Waals surface area contributed by atoms with Crippen LogP contribution in [0.15, 0.2) is 51.7 Å². The van der Waals surface area contributed by atoms with Crippen molar-refractivity contribution in [2.45, 2.75) is 44.4 Å². The van der Waals surface area contributed by atoms with E-state index < -0.39 is 26.4 Å². The van der Waals surface area contributed by atoms with Crippen molar-refractivity contribution in [2.24, 2.45) is 4.36 Å². The standard InChI is InChI=1S/C13H17ClN2O3S.C7H8O2S/c1-7(2)10-5-9(14)6-11(8(3)4)12(10)15-13(17)16-20(18)19;1-10(8,9)7-5-3-2-4-6-7/h5-8H,1-4H3,(H,15,17);2-6H,1H3. The number of nitrogens with zero attached hydrogens (tertiary/aromatic N) is 1. The van der Waals surface area contributed by atoms with Gasteiger partial charge in [0.25, 0.3) is 0 Å². The van der Waals surface area contributed by atoms with Crippen molar-refractivity contribution < 1.29 is 21.6 Å². The molecule has 7 nitrogen and oxygen atoms in total. The molecule has 0 aromatic heterocycles. The normalized spacial score (nSPS) is 10.9. The van der Waals surface area contributed by atoms with Gasteiger partial charge in [-0.3, -0.25) is 0 Å². The van der Waals surface area contributed by atoms with Gasteiger partial charge in [-0.2, -0.15) is 8.42 Å². The molecule has 0 aliphatic heterocycles. The molecule has 0 aliphatic rings. The highest BCUT2D eigenvalue weighted by molar-refractivity contribution is 7.90. The molecule has 0 fully saturated rings. The summed E-state index contributed by atoms with van der Waals surface area (Å²) in [7, 11) is -5.77. The molecular weight excluding hydrogens is 448 g/mol. The van der Waals surface area contributed by atoms with Gasteiger partial charge in [-0.15, -0.1) is 0 Å². The first-order valence-corrected chi connectivity index (χ1v) is 12.3. The number of rotatable bonds is 4. The first kappa shape index (κ1) is 25.8. The predicted octanol–water partition coefficient (Wildman–Crippen LogP) is 5.27. The van der Waals surface area contributed by atoms with Gasteiger partial charge in [0.1, 0.15) is 0 Å². The number of sulfone groups is 1. The Balaban J connectivity index is 0.000000375. The number of carbonyl (C=O) groups is 1. The van der Waals surface area contributed by atoms with Crippen molar-refractivity contribution in [1.29, 1.82) is 0 Å². The summed E-state index contributed by atoms with van der Waals surface area (Å²) in [5, 5.41) is 3.13. The number of halogens is 1. The third-order valence-electron chi connectivity index (χ3n) is 3.97. The average Bonchev–Trinajstić information content (AvgIpc) is 2.62. The molecule has 0 heterocycles. The fourth-order valence-corrected chi connectivity index (χ4v) is 3.64. The molecule has 30 heavy (non-hydrogen) atoms. The maximum atomic E-state index is 11.6. The van der Waals surface area contributed by atoms with Crippen LogP contribution in [0.5, 0.6) is 0 Å². The van der Waals surface area contributed by atoms with Crippen LogP contribution in [-0.4, -0.2) is 29.1 Å². The van der Waals surface area contributed by atoms with E-state index in [1.54, 1.807) is 42.5 Å². The molecule has 0 bridgehead atoms. The molecule has 10 heteroatoms. The number of hydrogen-bond acceptors (Lipinski definition) is 5. The summed E-state index contributed by atoms with van der Waals surface area (Å²) in [6, 6.07) is 11.0. The molecular formula is C20H25ClN2O5S2. The topological polar surface area (TPSA) is 110 Å². The van der Waals surface area contributed by atoms with E-state index in [0.29, 0.717) is 15.6 Å². The molecule has 2 aromatic carbocycles. The minimum Gasteiger partial charge on any atom is -0.305 e. The molecule has 0 unspecified atom stereocenters. The SMILES string of the molecule is CC(C)c1cc(Cl)cc(C(C)C)c1NC(=O)N=S(=O)=O.CS(=O)(=O)c1ccccc1. The van der Waals surface area contributed by atoms with Gasteiger partial charge in [0.15, 0.2) is 9.84 Å². The largest absolute Gasteiger partial charge is 0.360 e. The van der Waals surface area contributed by atoms with E-state index in [0.717, 1.165) is 11.1 Å². The van der Waals surface area contributed by atoms with Crippen LogP contribution < -0.4 is 5.32 Å². The summed E-state index contributed by atoms with van der Waals surface area (Å²) in [5.41, 5.74) is 2.28. The van der Waals surface area contributed by atoms with Gasteiger partial charge < -0.3 is 5.32 Å². The fraction of sp³-hybridized carbons (Fsp3) is 0.350. The van der Waals surface area contributed by atoms with Crippen LogP contribution in [0.2, 0.25) is 5.02 Å². The Bertz CT molecular complexity index is 1090. The predicted molar refractivity (Wildman–Crippen MR) is 120 cm³/mol. The highest BCUT2D eigenvalue weighted by atomic mass is 35.5. The molecule has 0 spiro atoms. The molecule has 0 saturated carbocycles. The Morgan fingerprint density at radius 1 is 1.00 bits per heavy atom. The van der Waals surface area contributed by atoms with Gasteiger partial charge in [0.2, 0.25) is 0 Å². The number of nitrogens with one attached hydrogen (secondary N) is 1. The van der Waals surface area contributed by atoms with E-state index in [9.17, 15) is 21.6 Å². The summed E-state index contributed by atoms with van der Waals surface area (Å²) in [6.45, 7) is 7.87. The number of urea groups is 1. The molecule has 0 aliphatic carbocycles. The summed E-state index contributed by atoms with van der Waals surface area (Å²) in [6.07, 6.45) is 1.20. The molecule has 0 atom stereocenters. The zero-order chi connectivity index (χ0) is 23.1. The van der Waals surface area contributed by atoms with Crippen molar-refractivity contribution in [3.8, 4) is 0 Å². The Morgan fingerprint density at radius 3 is 1.80 bits per heavy atom. The molecule has 164 valence electrons. The summed E-state index contributed by atoms with van der Waals surface area (Å²) < 4.78 is 45.5. The fourth-order valence-electron chi connectivity index (χ4n) is 2.57. The lowest BCUT2D eigenvalue weighted by Crippen LogP contribution is -2.12. The number of anilines is 1. The Morgan fingerprint density at radius 2 is 1.47 bits per heavy atom. The van der Waals surface area contributed by atoms with Gasteiger partial charge in [-0.25, -0.2) is 13.2 Å². The Labute approximate surface area is 184 Å². The van der Waals surface area contributed by atoms with E-state index in [-0.39, 0.29) is 11.8 Å². The van der Waals surface area contributed by atoms with Gasteiger partial charge in [-0.05, 0) is 47.2 Å². The quantitative estimate of drug-likeness (QED) is 0.651. The van der Waals surface area contributed by atoms with Gasteiger partial charge in [0, 0.05) is 17.0 Å². The minimum absolute atomic E-state index is 0.124. The van der Waals surface area contributed by atoms with E-state index in [1.165, 1.54) is 6.26 Å². The first-order valence-electron chi connectivity index (χ1n) is 9.03. The van der Waals surface area contributed by atoms with Crippen LogP contribution in [0.3, 0.4) is 0 Å². The average molecular weight is 473 g/mol. The molecule has 2 rings (SSSR count). The minimum atomic E-state index is -3.00. The third kappa shape index (κ3) is 8.25. The lowest BCUT2D eigenvalue weighted by molar-refractivity contribution is 0.260. The van der Waals surface area contributed by atoms with Gasteiger partial charge >= 0.3 is 16.5 Å². The van der Waals surface area contributed by atoms with Crippen molar-refractivity contribution >= 4 is 43.7 Å². The molecule has 0 saturated heterocycles. The third-order valence-corrected chi connectivity index (χ3v) is 5.63. The molecule has 2 amide bonds. The van der Waals surface area contributed by atoms with E-state index in [4.69, 9.17) is 11.6 Å². The number of carbonyl (C=O) groups excluding carboxylic acids is 1. The summed E-state index contributed by atoms with van der Waals surface area (Å²) in [5.74, 6) is 0.249. The van der Waals surface area contributed by atoms with Crippen molar-refractivity contribution in [3.63, 3.8) is 0 Å². The summed E-state index contributed by atoms with van der Waals surface area (Å²) >= 11 is 6.10. The lowest BCUT2D eigenvalue weighted by Gasteiger charge is -2.19. The second kappa shape index (κ2) is 11.2.